The minimum Gasteiger partial charge on any atom is -0.389 e. The Morgan fingerprint density at radius 2 is 2.10 bits per heavy atom. The summed E-state index contributed by atoms with van der Waals surface area (Å²) in [4.78, 5) is 11.8. The van der Waals surface area contributed by atoms with Crippen molar-refractivity contribution in [3.8, 4) is 6.07 Å². The summed E-state index contributed by atoms with van der Waals surface area (Å²) < 4.78 is 1.05. The second kappa shape index (κ2) is 9.19. The first-order valence-electron chi connectivity index (χ1n) is 6.95. The van der Waals surface area contributed by atoms with Crippen LogP contribution in [0.5, 0.6) is 0 Å². The van der Waals surface area contributed by atoms with Crippen LogP contribution in [0.1, 0.15) is 25.8 Å². The van der Waals surface area contributed by atoms with Gasteiger partial charge in [0.05, 0.1) is 0 Å². The molecule has 112 valence electrons. The van der Waals surface area contributed by atoms with E-state index < -0.39 is 0 Å². The first-order valence-corrected chi connectivity index (χ1v) is 7.75. The Balaban J connectivity index is 2.44. The molecule has 5 heteroatoms. The second-order valence-electron chi connectivity index (χ2n) is 4.78. The molecule has 0 fully saturated rings. The van der Waals surface area contributed by atoms with Gasteiger partial charge in [0.1, 0.15) is 11.6 Å². The summed E-state index contributed by atoms with van der Waals surface area (Å²) in [7, 11) is 0. The van der Waals surface area contributed by atoms with E-state index in [0.29, 0.717) is 6.54 Å². The van der Waals surface area contributed by atoms with E-state index in [-0.39, 0.29) is 17.5 Å². The highest BCUT2D eigenvalue weighted by atomic mass is 79.9. The highest BCUT2D eigenvalue weighted by Crippen LogP contribution is 2.10. The monoisotopic (exact) mass is 349 g/mol. The van der Waals surface area contributed by atoms with Crippen molar-refractivity contribution in [2.24, 2.45) is 0 Å². The summed E-state index contributed by atoms with van der Waals surface area (Å²) in [6, 6.07) is 10.0. The Morgan fingerprint density at radius 3 is 2.67 bits per heavy atom. The molecule has 1 unspecified atom stereocenters. The number of halogens is 1. The van der Waals surface area contributed by atoms with Crippen LogP contribution in [-0.4, -0.2) is 18.5 Å². The molecule has 1 rings (SSSR count). The fraction of sp³-hybridized carbons (Fsp3) is 0.375. The molecule has 0 spiro atoms. The first kappa shape index (κ1) is 17.3. The maximum absolute atomic E-state index is 11.8. The molecule has 0 radical (unpaired) electrons. The number of nitrogens with zero attached hydrogens (tertiary/aromatic N) is 1. The third kappa shape index (κ3) is 6.46. The summed E-state index contributed by atoms with van der Waals surface area (Å²) in [6.07, 6.45) is 3.15. The number of rotatable bonds is 7. The molecule has 0 saturated heterocycles. The van der Waals surface area contributed by atoms with E-state index in [1.165, 1.54) is 11.8 Å². The molecule has 0 bridgehead atoms. The van der Waals surface area contributed by atoms with Crippen LogP contribution in [0.15, 0.2) is 40.5 Å². The van der Waals surface area contributed by atoms with Gasteiger partial charge >= 0.3 is 0 Å². The Labute approximate surface area is 134 Å². The lowest BCUT2D eigenvalue weighted by molar-refractivity contribution is -0.117. The van der Waals surface area contributed by atoms with Gasteiger partial charge in [-0.1, -0.05) is 35.0 Å². The Kier molecular flexibility index (Phi) is 7.55. The molecule has 0 aliphatic heterocycles. The van der Waals surface area contributed by atoms with Crippen molar-refractivity contribution < 1.29 is 4.79 Å². The quantitative estimate of drug-likeness (QED) is 0.452. The SMILES string of the molecule is CCC(C)NC(=O)/C(C#N)=C\NCCc1ccc(Br)cc1. The van der Waals surface area contributed by atoms with Crippen molar-refractivity contribution in [3.05, 3.63) is 46.1 Å². The molecule has 0 heterocycles. The minimum atomic E-state index is -0.331. The van der Waals surface area contributed by atoms with Crippen LogP contribution in [0, 0.1) is 11.3 Å². The average Bonchev–Trinajstić information content (AvgIpc) is 2.48. The molecule has 0 aromatic heterocycles. The van der Waals surface area contributed by atoms with E-state index in [2.05, 4.69) is 26.6 Å². The van der Waals surface area contributed by atoms with Crippen LogP contribution in [0.2, 0.25) is 0 Å². The zero-order valence-electron chi connectivity index (χ0n) is 12.3. The molecule has 21 heavy (non-hydrogen) atoms. The van der Waals surface area contributed by atoms with Crippen molar-refractivity contribution in [1.82, 2.24) is 10.6 Å². The zero-order chi connectivity index (χ0) is 15.7. The molecule has 1 atom stereocenters. The van der Waals surface area contributed by atoms with Gasteiger partial charge in [-0.25, -0.2) is 0 Å². The predicted octanol–water partition coefficient (Wildman–Crippen LogP) is 2.90. The van der Waals surface area contributed by atoms with Gasteiger partial charge in [0, 0.05) is 23.3 Å². The molecule has 4 nitrogen and oxygen atoms in total. The highest BCUT2D eigenvalue weighted by molar-refractivity contribution is 9.10. The molecule has 2 N–H and O–H groups in total. The summed E-state index contributed by atoms with van der Waals surface area (Å²) in [5.41, 5.74) is 1.30. The average molecular weight is 350 g/mol. The van der Waals surface area contributed by atoms with E-state index >= 15 is 0 Å². The van der Waals surface area contributed by atoms with E-state index in [0.717, 1.165) is 17.3 Å². The van der Waals surface area contributed by atoms with Gasteiger partial charge < -0.3 is 10.6 Å². The van der Waals surface area contributed by atoms with Gasteiger partial charge in [-0.15, -0.1) is 0 Å². The van der Waals surface area contributed by atoms with Gasteiger partial charge in [0.25, 0.3) is 5.91 Å². The maximum Gasteiger partial charge on any atom is 0.263 e. The van der Waals surface area contributed by atoms with Gasteiger partial charge in [-0.3, -0.25) is 4.79 Å². The molecule has 0 saturated carbocycles. The molecular formula is C16H20BrN3O. The van der Waals surface area contributed by atoms with Crippen LogP contribution in [0.4, 0.5) is 0 Å². The highest BCUT2D eigenvalue weighted by Gasteiger charge is 2.10. The van der Waals surface area contributed by atoms with Crippen molar-refractivity contribution in [1.29, 1.82) is 5.26 Å². The number of benzene rings is 1. The third-order valence-electron chi connectivity index (χ3n) is 3.07. The predicted molar refractivity (Wildman–Crippen MR) is 87.4 cm³/mol. The normalized spacial score (nSPS) is 12.4. The number of hydrogen-bond donors (Lipinski definition) is 2. The van der Waals surface area contributed by atoms with E-state index in [4.69, 9.17) is 5.26 Å². The lowest BCUT2D eigenvalue weighted by Crippen LogP contribution is -2.33. The van der Waals surface area contributed by atoms with E-state index in [1.807, 2.05) is 44.2 Å². The molecule has 0 aliphatic carbocycles. The van der Waals surface area contributed by atoms with Gasteiger partial charge in [-0.05, 0) is 37.5 Å². The van der Waals surface area contributed by atoms with Crippen LogP contribution < -0.4 is 10.6 Å². The second-order valence-corrected chi connectivity index (χ2v) is 5.70. The largest absolute Gasteiger partial charge is 0.389 e. The van der Waals surface area contributed by atoms with Gasteiger partial charge in [-0.2, -0.15) is 5.26 Å². The molecule has 1 aromatic rings. The summed E-state index contributed by atoms with van der Waals surface area (Å²) in [6.45, 7) is 4.56. The maximum atomic E-state index is 11.8. The van der Waals surface area contributed by atoms with Crippen LogP contribution in [0.3, 0.4) is 0 Å². The van der Waals surface area contributed by atoms with Crippen molar-refractivity contribution in [2.45, 2.75) is 32.7 Å². The van der Waals surface area contributed by atoms with Crippen LogP contribution in [-0.2, 0) is 11.2 Å². The third-order valence-corrected chi connectivity index (χ3v) is 3.60. The van der Waals surface area contributed by atoms with Crippen LogP contribution in [0.25, 0.3) is 0 Å². The van der Waals surface area contributed by atoms with Gasteiger partial charge in [0.15, 0.2) is 0 Å². The molecule has 1 aromatic carbocycles. The summed E-state index contributed by atoms with van der Waals surface area (Å²) in [5.74, 6) is -0.331. The molecule has 0 aliphatic rings. The minimum absolute atomic E-state index is 0.0667. The number of nitrogens with one attached hydrogen (secondary N) is 2. The Hall–Kier alpha value is -1.80. The van der Waals surface area contributed by atoms with Crippen molar-refractivity contribution in [3.63, 3.8) is 0 Å². The first-order chi connectivity index (χ1) is 10.1. The summed E-state index contributed by atoms with van der Waals surface area (Å²) in [5, 5.41) is 14.8. The van der Waals surface area contributed by atoms with Gasteiger partial charge in [0.2, 0.25) is 0 Å². The smallest absolute Gasteiger partial charge is 0.263 e. The Morgan fingerprint density at radius 1 is 1.43 bits per heavy atom. The summed E-state index contributed by atoms with van der Waals surface area (Å²) >= 11 is 3.39. The number of nitriles is 1. The van der Waals surface area contributed by atoms with Crippen LogP contribution >= 0.6 is 15.9 Å². The standard InChI is InChI=1S/C16H20BrN3O/c1-3-12(2)20-16(21)14(10-18)11-19-9-8-13-4-6-15(17)7-5-13/h4-7,11-12,19H,3,8-9H2,1-2H3,(H,20,21)/b14-11-. The van der Waals surface area contributed by atoms with E-state index in [9.17, 15) is 4.79 Å². The van der Waals surface area contributed by atoms with E-state index in [1.54, 1.807) is 0 Å². The number of carbonyl (C=O) groups is 1. The topological polar surface area (TPSA) is 64.9 Å². The zero-order valence-corrected chi connectivity index (χ0v) is 13.9. The van der Waals surface area contributed by atoms with Crippen molar-refractivity contribution >= 4 is 21.8 Å². The van der Waals surface area contributed by atoms with Crippen molar-refractivity contribution in [2.75, 3.05) is 6.54 Å². The Bertz CT molecular complexity index is 531. The fourth-order valence-corrected chi connectivity index (χ4v) is 1.86. The molecular weight excluding hydrogens is 330 g/mol. The fourth-order valence-electron chi connectivity index (χ4n) is 1.59. The lowest BCUT2D eigenvalue weighted by atomic mass is 10.1. The number of carbonyl (C=O) groups excluding carboxylic acids is 1. The molecule has 1 amide bonds. The number of amides is 1. The number of hydrogen-bond acceptors (Lipinski definition) is 3. The lowest BCUT2D eigenvalue weighted by Gasteiger charge is -2.10.